The molecule has 3 nitrogen and oxygen atoms in total. The Bertz CT molecular complexity index is 120. The molecule has 0 bridgehead atoms. The maximum Gasteiger partial charge on any atom is 0.0664 e. The van der Waals surface area contributed by atoms with Crippen molar-refractivity contribution < 1.29 is 10.2 Å². The van der Waals surface area contributed by atoms with E-state index in [1.54, 1.807) is 0 Å². The van der Waals surface area contributed by atoms with Crippen molar-refractivity contribution in [3.8, 4) is 0 Å². The van der Waals surface area contributed by atoms with Crippen molar-refractivity contribution in [1.29, 1.82) is 0 Å². The summed E-state index contributed by atoms with van der Waals surface area (Å²) in [7, 11) is 0. The highest BCUT2D eigenvalue weighted by Crippen LogP contribution is 2.08. The lowest BCUT2D eigenvalue weighted by Gasteiger charge is -2.10. The second-order valence-electron chi connectivity index (χ2n) is 4.14. The minimum Gasteiger partial charge on any atom is -0.395 e. The molecular formula is C12H27NO2. The second-order valence-corrected chi connectivity index (χ2v) is 4.14. The normalized spacial score (nSPS) is 13.0. The van der Waals surface area contributed by atoms with Crippen LogP contribution < -0.4 is 5.32 Å². The highest BCUT2D eigenvalue weighted by molar-refractivity contribution is 4.59. The molecule has 0 aromatic heterocycles. The first kappa shape index (κ1) is 14.9. The van der Waals surface area contributed by atoms with Gasteiger partial charge in [-0.1, -0.05) is 45.4 Å². The molecule has 1 atom stereocenters. The summed E-state index contributed by atoms with van der Waals surface area (Å²) < 4.78 is 0. The van der Waals surface area contributed by atoms with E-state index >= 15 is 0 Å². The van der Waals surface area contributed by atoms with Gasteiger partial charge in [-0.15, -0.1) is 0 Å². The van der Waals surface area contributed by atoms with E-state index < -0.39 is 0 Å². The van der Waals surface area contributed by atoms with E-state index in [2.05, 4.69) is 12.2 Å². The zero-order valence-electron chi connectivity index (χ0n) is 10.0. The zero-order chi connectivity index (χ0) is 11.4. The van der Waals surface area contributed by atoms with Crippen molar-refractivity contribution in [1.82, 2.24) is 5.32 Å². The predicted molar refractivity (Wildman–Crippen MR) is 64.0 cm³/mol. The Morgan fingerprint density at radius 2 is 1.73 bits per heavy atom. The molecule has 92 valence electrons. The van der Waals surface area contributed by atoms with Crippen molar-refractivity contribution in [2.75, 3.05) is 19.7 Å². The van der Waals surface area contributed by atoms with Gasteiger partial charge in [-0.3, -0.25) is 0 Å². The van der Waals surface area contributed by atoms with E-state index in [4.69, 9.17) is 5.11 Å². The van der Waals surface area contributed by atoms with Gasteiger partial charge in [0.25, 0.3) is 0 Å². The lowest BCUT2D eigenvalue weighted by molar-refractivity contribution is 0.155. The standard InChI is InChI=1S/C12H27NO2/c1-2-3-4-5-6-7-8-12(15)11-13-9-10-14/h12-15H,2-11H2,1H3. The third-order valence-electron chi connectivity index (χ3n) is 2.56. The molecule has 0 radical (unpaired) electrons. The lowest BCUT2D eigenvalue weighted by atomic mass is 10.1. The van der Waals surface area contributed by atoms with Crippen molar-refractivity contribution in [3.63, 3.8) is 0 Å². The average molecular weight is 217 g/mol. The van der Waals surface area contributed by atoms with Crippen LogP contribution in [0.15, 0.2) is 0 Å². The number of nitrogens with one attached hydrogen (secondary N) is 1. The average Bonchev–Trinajstić information content (AvgIpc) is 2.23. The van der Waals surface area contributed by atoms with Crippen LogP contribution in [-0.2, 0) is 0 Å². The Kier molecular flexibility index (Phi) is 11.9. The molecule has 15 heavy (non-hydrogen) atoms. The Balaban J connectivity index is 3.06. The molecule has 0 fully saturated rings. The molecule has 0 saturated carbocycles. The molecule has 0 aliphatic carbocycles. The van der Waals surface area contributed by atoms with Gasteiger partial charge in [0.15, 0.2) is 0 Å². The highest BCUT2D eigenvalue weighted by atomic mass is 16.3. The third kappa shape index (κ3) is 11.8. The minimum absolute atomic E-state index is 0.143. The van der Waals surface area contributed by atoms with E-state index in [9.17, 15) is 5.11 Å². The van der Waals surface area contributed by atoms with Gasteiger partial charge in [0.1, 0.15) is 0 Å². The molecule has 0 spiro atoms. The molecule has 0 heterocycles. The summed E-state index contributed by atoms with van der Waals surface area (Å²) >= 11 is 0. The van der Waals surface area contributed by atoms with Crippen LogP contribution in [0.5, 0.6) is 0 Å². The molecule has 0 aliphatic heterocycles. The fraction of sp³-hybridized carbons (Fsp3) is 1.00. The van der Waals surface area contributed by atoms with Gasteiger partial charge < -0.3 is 15.5 Å². The van der Waals surface area contributed by atoms with Gasteiger partial charge in [-0.25, -0.2) is 0 Å². The Morgan fingerprint density at radius 3 is 2.40 bits per heavy atom. The highest BCUT2D eigenvalue weighted by Gasteiger charge is 2.02. The second kappa shape index (κ2) is 12.0. The van der Waals surface area contributed by atoms with Crippen LogP contribution in [0.1, 0.15) is 51.9 Å². The fourth-order valence-electron chi connectivity index (χ4n) is 1.61. The monoisotopic (exact) mass is 217 g/mol. The smallest absolute Gasteiger partial charge is 0.0664 e. The third-order valence-corrected chi connectivity index (χ3v) is 2.56. The van der Waals surface area contributed by atoms with Gasteiger partial charge in [-0.2, -0.15) is 0 Å². The topological polar surface area (TPSA) is 52.5 Å². The van der Waals surface area contributed by atoms with Crippen LogP contribution in [0.3, 0.4) is 0 Å². The van der Waals surface area contributed by atoms with Crippen LogP contribution in [0, 0.1) is 0 Å². The Hall–Kier alpha value is -0.120. The first-order chi connectivity index (χ1) is 7.31. The van der Waals surface area contributed by atoms with Gasteiger partial charge in [0.05, 0.1) is 12.7 Å². The van der Waals surface area contributed by atoms with Crippen molar-refractivity contribution in [2.24, 2.45) is 0 Å². The van der Waals surface area contributed by atoms with E-state index in [0.29, 0.717) is 13.1 Å². The van der Waals surface area contributed by atoms with Crippen molar-refractivity contribution in [3.05, 3.63) is 0 Å². The predicted octanol–water partition coefficient (Wildman–Crippen LogP) is 1.68. The molecule has 0 aromatic carbocycles. The number of aliphatic hydroxyl groups is 2. The maximum absolute atomic E-state index is 9.53. The number of hydrogen-bond acceptors (Lipinski definition) is 3. The van der Waals surface area contributed by atoms with E-state index in [1.165, 1.54) is 32.1 Å². The van der Waals surface area contributed by atoms with Crippen LogP contribution in [0.4, 0.5) is 0 Å². The largest absolute Gasteiger partial charge is 0.395 e. The lowest BCUT2D eigenvalue weighted by Crippen LogP contribution is -2.28. The van der Waals surface area contributed by atoms with E-state index in [0.717, 1.165) is 12.8 Å². The molecule has 1 unspecified atom stereocenters. The first-order valence-corrected chi connectivity index (χ1v) is 6.31. The van der Waals surface area contributed by atoms with Crippen LogP contribution in [0.25, 0.3) is 0 Å². The summed E-state index contributed by atoms with van der Waals surface area (Å²) in [4.78, 5) is 0. The van der Waals surface area contributed by atoms with E-state index in [1.807, 2.05) is 0 Å². The first-order valence-electron chi connectivity index (χ1n) is 6.31. The summed E-state index contributed by atoms with van der Waals surface area (Å²) in [6.45, 7) is 3.55. The quantitative estimate of drug-likeness (QED) is 0.462. The Morgan fingerprint density at radius 1 is 1.07 bits per heavy atom. The summed E-state index contributed by atoms with van der Waals surface area (Å²) in [6.07, 6.45) is 8.23. The van der Waals surface area contributed by atoms with Crippen LogP contribution >= 0.6 is 0 Å². The van der Waals surface area contributed by atoms with E-state index in [-0.39, 0.29) is 12.7 Å². The molecule has 0 aromatic rings. The van der Waals surface area contributed by atoms with Crippen LogP contribution in [0.2, 0.25) is 0 Å². The van der Waals surface area contributed by atoms with Gasteiger partial charge in [0.2, 0.25) is 0 Å². The summed E-state index contributed by atoms with van der Waals surface area (Å²) in [5.74, 6) is 0. The zero-order valence-corrected chi connectivity index (χ0v) is 10.0. The van der Waals surface area contributed by atoms with Gasteiger partial charge in [0, 0.05) is 13.1 Å². The van der Waals surface area contributed by atoms with Crippen LogP contribution in [-0.4, -0.2) is 36.0 Å². The maximum atomic E-state index is 9.53. The summed E-state index contributed by atoms with van der Waals surface area (Å²) in [5.41, 5.74) is 0. The molecular weight excluding hydrogens is 190 g/mol. The van der Waals surface area contributed by atoms with Gasteiger partial charge >= 0.3 is 0 Å². The molecule has 0 saturated heterocycles. The molecule has 0 amide bonds. The minimum atomic E-state index is -0.247. The number of aliphatic hydroxyl groups excluding tert-OH is 2. The van der Waals surface area contributed by atoms with Crippen molar-refractivity contribution in [2.45, 2.75) is 58.0 Å². The number of hydrogen-bond donors (Lipinski definition) is 3. The number of unbranched alkanes of at least 4 members (excludes halogenated alkanes) is 5. The molecule has 3 N–H and O–H groups in total. The van der Waals surface area contributed by atoms with Crippen molar-refractivity contribution >= 4 is 0 Å². The Labute approximate surface area is 93.9 Å². The number of rotatable bonds is 11. The molecule has 0 aliphatic rings. The SMILES string of the molecule is CCCCCCCCC(O)CNCCO. The summed E-state index contributed by atoms with van der Waals surface area (Å²) in [5, 5.41) is 21.1. The molecule has 0 rings (SSSR count). The summed E-state index contributed by atoms with van der Waals surface area (Å²) in [6, 6.07) is 0. The van der Waals surface area contributed by atoms with Gasteiger partial charge in [-0.05, 0) is 6.42 Å². The fourth-order valence-corrected chi connectivity index (χ4v) is 1.61. The molecule has 3 heteroatoms.